The number of carboxylic acid groups (broad SMARTS) is 1. The Kier molecular flexibility index (Phi) is 5.41. The summed E-state index contributed by atoms with van der Waals surface area (Å²) < 4.78 is 0. The first-order valence-corrected chi connectivity index (χ1v) is 9.69. The zero-order valence-electron chi connectivity index (χ0n) is 16.7. The summed E-state index contributed by atoms with van der Waals surface area (Å²) in [6.45, 7) is 7.95. The van der Waals surface area contributed by atoms with E-state index in [0.29, 0.717) is 11.5 Å². The molecule has 1 atom stereocenters. The molecule has 1 heterocycles. The minimum Gasteiger partial charge on any atom is -0.478 e. The van der Waals surface area contributed by atoms with Crippen molar-refractivity contribution < 1.29 is 9.90 Å². The summed E-state index contributed by atoms with van der Waals surface area (Å²) in [5, 5.41) is 9.01. The van der Waals surface area contributed by atoms with Gasteiger partial charge < -0.3 is 10.0 Å². The number of benzene rings is 2. The van der Waals surface area contributed by atoms with Gasteiger partial charge in [-0.25, -0.2) is 4.79 Å². The summed E-state index contributed by atoms with van der Waals surface area (Å²) >= 11 is 0. The number of rotatable bonds is 5. The van der Waals surface area contributed by atoms with Gasteiger partial charge in [-0.1, -0.05) is 57.2 Å². The van der Waals surface area contributed by atoms with Crippen molar-refractivity contribution in [3.05, 3.63) is 70.8 Å². The van der Waals surface area contributed by atoms with Crippen LogP contribution in [0.4, 0.5) is 5.69 Å². The van der Waals surface area contributed by atoms with E-state index < -0.39 is 5.97 Å². The van der Waals surface area contributed by atoms with Crippen molar-refractivity contribution >= 4 is 17.7 Å². The molecular formula is C24H29NO2. The highest BCUT2D eigenvalue weighted by Gasteiger charge is 2.30. The Hall–Kier alpha value is -2.55. The lowest BCUT2D eigenvalue weighted by molar-refractivity contribution is 0.0697. The Bertz CT molecular complexity index is 849. The quantitative estimate of drug-likeness (QED) is 0.740. The maximum Gasteiger partial charge on any atom is 0.335 e. The van der Waals surface area contributed by atoms with Crippen LogP contribution in [0.3, 0.4) is 0 Å². The highest BCUT2D eigenvalue weighted by Crippen LogP contribution is 2.40. The van der Waals surface area contributed by atoms with E-state index in [1.54, 1.807) is 12.1 Å². The van der Waals surface area contributed by atoms with Gasteiger partial charge in [-0.2, -0.15) is 0 Å². The van der Waals surface area contributed by atoms with Gasteiger partial charge in [0.2, 0.25) is 0 Å². The molecule has 1 N–H and O–H groups in total. The Labute approximate surface area is 162 Å². The van der Waals surface area contributed by atoms with Crippen LogP contribution in [0.15, 0.2) is 48.5 Å². The second kappa shape index (κ2) is 7.59. The molecule has 0 aliphatic carbocycles. The molecular weight excluding hydrogens is 334 g/mol. The van der Waals surface area contributed by atoms with E-state index in [1.807, 2.05) is 12.1 Å². The fourth-order valence-corrected chi connectivity index (χ4v) is 3.82. The molecule has 0 spiro atoms. The number of hydrogen-bond donors (Lipinski definition) is 1. The number of fused-ring (bicyclic) bond motifs is 1. The Morgan fingerprint density at radius 1 is 1.22 bits per heavy atom. The van der Waals surface area contributed by atoms with E-state index in [2.05, 4.69) is 63.1 Å². The Morgan fingerprint density at radius 2 is 1.93 bits per heavy atom. The number of nitrogens with zero attached hydrogens (tertiary/aromatic N) is 1. The van der Waals surface area contributed by atoms with Crippen LogP contribution in [0.5, 0.6) is 0 Å². The predicted octanol–water partition coefficient (Wildman–Crippen LogP) is 5.71. The standard InChI is InChI=1S/C24H29NO2/c1-5-18(9-6-17-7-10-19(11-8-17)23(26)27)20-12-13-21-22(16-20)25(4)15-14-24(21,2)3/h6-13,16,18H,5,14-15H2,1-4H3,(H,26,27)/b9-6+. The molecule has 0 saturated carbocycles. The van der Waals surface area contributed by atoms with Gasteiger partial charge in [0, 0.05) is 25.2 Å². The van der Waals surface area contributed by atoms with Crippen molar-refractivity contribution in [1.29, 1.82) is 0 Å². The number of hydrogen-bond acceptors (Lipinski definition) is 2. The average molecular weight is 364 g/mol. The third-order valence-electron chi connectivity index (χ3n) is 5.78. The van der Waals surface area contributed by atoms with Crippen molar-refractivity contribution in [2.24, 2.45) is 0 Å². The van der Waals surface area contributed by atoms with Gasteiger partial charge in [0.05, 0.1) is 5.56 Å². The van der Waals surface area contributed by atoms with Crippen molar-refractivity contribution in [3.8, 4) is 0 Å². The molecule has 0 amide bonds. The lowest BCUT2D eigenvalue weighted by atomic mass is 9.77. The van der Waals surface area contributed by atoms with Gasteiger partial charge in [-0.15, -0.1) is 0 Å². The summed E-state index contributed by atoms with van der Waals surface area (Å²) in [4.78, 5) is 13.3. The van der Waals surface area contributed by atoms with Crippen LogP contribution in [-0.2, 0) is 5.41 Å². The third-order valence-corrected chi connectivity index (χ3v) is 5.78. The first-order chi connectivity index (χ1) is 12.8. The fourth-order valence-electron chi connectivity index (χ4n) is 3.82. The van der Waals surface area contributed by atoms with Gasteiger partial charge in [0.25, 0.3) is 0 Å². The van der Waals surface area contributed by atoms with Gasteiger partial charge in [-0.3, -0.25) is 0 Å². The van der Waals surface area contributed by atoms with Crippen LogP contribution in [0.25, 0.3) is 6.08 Å². The molecule has 2 aromatic carbocycles. The Morgan fingerprint density at radius 3 is 2.56 bits per heavy atom. The highest BCUT2D eigenvalue weighted by molar-refractivity contribution is 5.87. The molecule has 1 aliphatic heterocycles. The largest absolute Gasteiger partial charge is 0.478 e. The zero-order valence-corrected chi connectivity index (χ0v) is 16.7. The number of anilines is 1. The summed E-state index contributed by atoms with van der Waals surface area (Å²) in [7, 11) is 2.18. The SMILES string of the molecule is CCC(/C=C/c1ccc(C(=O)O)cc1)c1ccc2c(c1)N(C)CCC2(C)C. The van der Waals surface area contributed by atoms with E-state index in [9.17, 15) is 4.79 Å². The van der Waals surface area contributed by atoms with Crippen molar-refractivity contribution in [1.82, 2.24) is 0 Å². The van der Waals surface area contributed by atoms with Crippen LogP contribution >= 0.6 is 0 Å². The summed E-state index contributed by atoms with van der Waals surface area (Å²) in [6, 6.07) is 13.9. The molecule has 27 heavy (non-hydrogen) atoms. The van der Waals surface area contributed by atoms with E-state index in [0.717, 1.165) is 18.5 Å². The fraction of sp³-hybridized carbons (Fsp3) is 0.375. The first-order valence-electron chi connectivity index (χ1n) is 9.69. The smallest absolute Gasteiger partial charge is 0.335 e. The lowest BCUT2D eigenvalue weighted by Crippen LogP contribution is -2.34. The van der Waals surface area contributed by atoms with Crippen molar-refractivity contribution in [2.45, 2.75) is 44.9 Å². The molecule has 0 bridgehead atoms. The first kappa shape index (κ1) is 19.2. The highest BCUT2D eigenvalue weighted by atomic mass is 16.4. The van der Waals surface area contributed by atoms with Crippen LogP contribution < -0.4 is 4.90 Å². The summed E-state index contributed by atoms with van der Waals surface area (Å²) in [5.41, 5.74) is 5.68. The van der Waals surface area contributed by atoms with Gasteiger partial charge in [-0.05, 0) is 53.1 Å². The zero-order chi connectivity index (χ0) is 19.6. The third kappa shape index (κ3) is 4.08. The monoisotopic (exact) mass is 363 g/mol. The van der Waals surface area contributed by atoms with Crippen molar-refractivity contribution in [3.63, 3.8) is 0 Å². The molecule has 3 heteroatoms. The van der Waals surface area contributed by atoms with E-state index in [1.165, 1.54) is 23.2 Å². The lowest BCUT2D eigenvalue weighted by Gasteiger charge is -2.39. The van der Waals surface area contributed by atoms with E-state index >= 15 is 0 Å². The molecule has 142 valence electrons. The van der Waals surface area contributed by atoms with Gasteiger partial charge in [0.15, 0.2) is 0 Å². The van der Waals surface area contributed by atoms with Crippen LogP contribution in [-0.4, -0.2) is 24.7 Å². The summed E-state index contributed by atoms with van der Waals surface area (Å²) in [6.07, 6.45) is 6.52. The molecule has 0 saturated heterocycles. The molecule has 0 fully saturated rings. The minimum atomic E-state index is -0.891. The molecule has 3 nitrogen and oxygen atoms in total. The average Bonchev–Trinajstić information content (AvgIpc) is 2.66. The maximum absolute atomic E-state index is 11.0. The predicted molar refractivity (Wildman–Crippen MR) is 113 cm³/mol. The Balaban J connectivity index is 1.85. The van der Waals surface area contributed by atoms with Crippen molar-refractivity contribution in [2.75, 3.05) is 18.5 Å². The molecule has 1 unspecified atom stereocenters. The molecule has 0 aromatic heterocycles. The van der Waals surface area contributed by atoms with Crippen LogP contribution in [0.2, 0.25) is 0 Å². The molecule has 1 aliphatic rings. The van der Waals surface area contributed by atoms with Crippen LogP contribution in [0.1, 0.15) is 66.6 Å². The van der Waals surface area contributed by atoms with Gasteiger partial charge in [0.1, 0.15) is 0 Å². The number of allylic oxidation sites excluding steroid dienone is 1. The minimum absolute atomic E-state index is 0.226. The second-order valence-electron chi connectivity index (χ2n) is 8.13. The second-order valence-corrected chi connectivity index (χ2v) is 8.13. The molecule has 0 radical (unpaired) electrons. The van der Waals surface area contributed by atoms with E-state index in [-0.39, 0.29) is 5.41 Å². The number of carbonyl (C=O) groups is 1. The van der Waals surface area contributed by atoms with Crippen LogP contribution in [0, 0.1) is 0 Å². The number of carboxylic acids is 1. The molecule has 3 rings (SSSR count). The topological polar surface area (TPSA) is 40.5 Å². The van der Waals surface area contributed by atoms with E-state index in [4.69, 9.17) is 5.11 Å². The molecule has 2 aromatic rings. The number of aromatic carboxylic acids is 1. The normalized spacial score (nSPS) is 17.0. The maximum atomic E-state index is 11.0. The summed E-state index contributed by atoms with van der Waals surface area (Å²) in [5.74, 6) is -0.550. The van der Waals surface area contributed by atoms with Gasteiger partial charge >= 0.3 is 5.97 Å².